The summed E-state index contributed by atoms with van der Waals surface area (Å²) in [6, 6.07) is 9.71. The van der Waals surface area contributed by atoms with Crippen molar-refractivity contribution in [3.8, 4) is 0 Å². The van der Waals surface area contributed by atoms with Crippen LogP contribution in [0.3, 0.4) is 0 Å². The fourth-order valence-electron chi connectivity index (χ4n) is 4.15. The molecular formula is C24H25ClN6O3. The summed E-state index contributed by atoms with van der Waals surface area (Å²) in [4.78, 5) is 46.1. The molecule has 0 spiro atoms. The molecule has 34 heavy (non-hydrogen) atoms. The van der Waals surface area contributed by atoms with Crippen LogP contribution in [0, 0.1) is 5.92 Å². The number of nitrogens with two attached hydrogens (primary N) is 1. The number of benzene rings is 1. The van der Waals surface area contributed by atoms with Crippen LogP contribution in [-0.4, -0.2) is 50.5 Å². The number of aromatic nitrogens is 3. The van der Waals surface area contributed by atoms with Crippen molar-refractivity contribution in [2.24, 2.45) is 13.0 Å². The van der Waals surface area contributed by atoms with Crippen molar-refractivity contribution < 1.29 is 14.4 Å². The predicted octanol–water partition coefficient (Wildman–Crippen LogP) is 2.24. The number of rotatable bonds is 7. The molecule has 0 saturated carbocycles. The lowest BCUT2D eigenvalue weighted by atomic mass is 9.81. The van der Waals surface area contributed by atoms with Gasteiger partial charge in [-0.05, 0) is 48.2 Å². The number of hydrogen-bond acceptors (Lipinski definition) is 6. The molecule has 1 aliphatic heterocycles. The Hall–Kier alpha value is -3.72. The van der Waals surface area contributed by atoms with Crippen LogP contribution in [0.25, 0.3) is 0 Å². The summed E-state index contributed by atoms with van der Waals surface area (Å²) in [5.41, 5.74) is 8.01. The average Bonchev–Trinajstić information content (AvgIpc) is 3.24. The number of β-lactam (4-membered cyclic amide) rings is 1. The molecule has 2 atom stereocenters. The second kappa shape index (κ2) is 9.64. The van der Waals surface area contributed by atoms with Crippen LogP contribution in [0.15, 0.2) is 55.0 Å². The van der Waals surface area contributed by atoms with Crippen LogP contribution in [0.5, 0.6) is 0 Å². The molecule has 1 fully saturated rings. The molecule has 3 amide bonds. The van der Waals surface area contributed by atoms with Gasteiger partial charge in [0.05, 0.1) is 17.8 Å². The van der Waals surface area contributed by atoms with Crippen LogP contribution in [-0.2, 0) is 34.3 Å². The number of likely N-dealkylation sites (N-methyl/N-ethyl adjacent to an activating group) is 1. The van der Waals surface area contributed by atoms with Gasteiger partial charge in [0.1, 0.15) is 11.9 Å². The van der Waals surface area contributed by atoms with E-state index in [1.54, 1.807) is 61.6 Å². The topological polar surface area (TPSA) is 114 Å². The number of amides is 3. The summed E-state index contributed by atoms with van der Waals surface area (Å²) in [5, 5.41) is 4.68. The Balaban J connectivity index is 1.55. The zero-order chi connectivity index (χ0) is 24.4. The maximum atomic E-state index is 13.5. The SMILES string of the molecule is CN(C(=O)[C@@H]1[C@@H](Cc2ccnc(N)c2)C(=O)N1C(=O)CCc1cccc(Cl)c1)c1cnn(C)c1. The minimum atomic E-state index is -0.918. The van der Waals surface area contributed by atoms with E-state index in [9.17, 15) is 14.4 Å². The molecule has 10 heteroatoms. The second-order valence-corrected chi connectivity index (χ2v) is 8.78. The van der Waals surface area contributed by atoms with Gasteiger partial charge in [0.15, 0.2) is 0 Å². The fourth-order valence-corrected chi connectivity index (χ4v) is 4.37. The molecule has 0 unspecified atom stereocenters. The van der Waals surface area contributed by atoms with Crippen LogP contribution < -0.4 is 10.6 Å². The van der Waals surface area contributed by atoms with Gasteiger partial charge >= 0.3 is 0 Å². The van der Waals surface area contributed by atoms with Gasteiger partial charge < -0.3 is 10.6 Å². The van der Waals surface area contributed by atoms with Gasteiger partial charge in [0.2, 0.25) is 11.8 Å². The summed E-state index contributed by atoms with van der Waals surface area (Å²) in [6.45, 7) is 0. The highest BCUT2D eigenvalue weighted by Crippen LogP contribution is 2.33. The van der Waals surface area contributed by atoms with E-state index in [2.05, 4.69) is 10.1 Å². The molecule has 0 bridgehead atoms. The molecular weight excluding hydrogens is 456 g/mol. The Morgan fingerprint density at radius 1 is 1.21 bits per heavy atom. The molecule has 3 heterocycles. The first kappa shape index (κ1) is 23.4. The number of imide groups is 1. The Morgan fingerprint density at radius 3 is 2.68 bits per heavy atom. The highest BCUT2D eigenvalue weighted by Gasteiger charge is 2.54. The first-order valence-electron chi connectivity index (χ1n) is 10.8. The van der Waals surface area contributed by atoms with Crippen molar-refractivity contribution in [1.82, 2.24) is 19.7 Å². The fraction of sp³-hybridized carbons (Fsp3) is 0.292. The number of likely N-dealkylation sites (tertiary alicyclic amines) is 1. The lowest BCUT2D eigenvalue weighted by molar-refractivity contribution is -0.170. The van der Waals surface area contributed by atoms with E-state index in [1.807, 2.05) is 12.1 Å². The highest BCUT2D eigenvalue weighted by molar-refractivity contribution is 6.30. The number of hydrogen-bond donors (Lipinski definition) is 1. The van der Waals surface area contributed by atoms with Crippen LogP contribution >= 0.6 is 11.6 Å². The Kier molecular flexibility index (Phi) is 6.65. The minimum Gasteiger partial charge on any atom is -0.384 e. The van der Waals surface area contributed by atoms with Crippen molar-refractivity contribution in [3.63, 3.8) is 0 Å². The van der Waals surface area contributed by atoms with Gasteiger partial charge in [-0.1, -0.05) is 23.7 Å². The zero-order valence-corrected chi connectivity index (χ0v) is 19.6. The monoisotopic (exact) mass is 480 g/mol. The Labute approximate surface area is 202 Å². The normalized spacial score (nSPS) is 17.4. The maximum Gasteiger partial charge on any atom is 0.250 e. The van der Waals surface area contributed by atoms with E-state index < -0.39 is 17.9 Å². The van der Waals surface area contributed by atoms with E-state index in [1.165, 1.54) is 4.90 Å². The van der Waals surface area contributed by atoms with Crippen molar-refractivity contribution >= 4 is 40.8 Å². The van der Waals surface area contributed by atoms with Gasteiger partial charge in [-0.25, -0.2) is 4.98 Å². The molecule has 176 valence electrons. The third-order valence-electron chi connectivity index (χ3n) is 5.96. The average molecular weight is 481 g/mol. The van der Waals surface area contributed by atoms with E-state index in [0.717, 1.165) is 16.0 Å². The summed E-state index contributed by atoms with van der Waals surface area (Å²) < 4.78 is 1.58. The molecule has 2 N–H and O–H groups in total. The van der Waals surface area contributed by atoms with Crippen molar-refractivity contribution in [3.05, 3.63) is 71.1 Å². The Morgan fingerprint density at radius 2 is 2.00 bits per heavy atom. The third kappa shape index (κ3) is 4.79. The number of carbonyl (C=O) groups excluding carboxylic acids is 3. The number of carbonyl (C=O) groups is 3. The number of aryl methyl sites for hydroxylation is 2. The van der Waals surface area contributed by atoms with Crippen molar-refractivity contribution in [2.45, 2.75) is 25.3 Å². The van der Waals surface area contributed by atoms with Crippen molar-refractivity contribution in [1.29, 1.82) is 0 Å². The lowest BCUT2D eigenvalue weighted by Gasteiger charge is -2.45. The van der Waals surface area contributed by atoms with Gasteiger partial charge in [-0.2, -0.15) is 5.10 Å². The summed E-state index contributed by atoms with van der Waals surface area (Å²) in [7, 11) is 3.36. The standard InChI is InChI=1S/C24H25ClN6O3/c1-29-14-18(13-28-29)30(2)24(34)22-19(11-16-8-9-27-20(26)12-16)23(33)31(22)21(32)7-6-15-4-3-5-17(25)10-15/h3-5,8-10,12-14,19,22H,6-7,11H2,1-2H3,(H2,26,27)/t19-,22+/m1/s1. The molecule has 3 aromatic rings. The number of nitrogen functional groups attached to an aromatic ring is 1. The minimum absolute atomic E-state index is 0.0847. The first-order chi connectivity index (χ1) is 16.2. The smallest absolute Gasteiger partial charge is 0.250 e. The quantitative estimate of drug-likeness (QED) is 0.519. The molecule has 2 aromatic heterocycles. The Bertz CT molecular complexity index is 1230. The molecule has 9 nitrogen and oxygen atoms in total. The highest BCUT2D eigenvalue weighted by atomic mass is 35.5. The molecule has 1 saturated heterocycles. The number of nitrogens with zero attached hydrogens (tertiary/aromatic N) is 5. The summed E-state index contributed by atoms with van der Waals surface area (Å²) in [6.07, 6.45) is 5.58. The van der Waals surface area contributed by atoms with Crippen LogP contribution in [0.2, 0.25) is 5.02 Å². The van der Waals surface area contributed by atoms with Crippen molar-refractivity contribution in [2.75, 3.05) is 17.7 Å². The predicted molar refractivity (Wildman–Crippen MR) is 128 cm³/mol. The van der Waals surface area contributed by atoms with Crippen LogP contribution in [0.1, 0.15) is 17.5 Å². The first-order valence-corrected chi connectivity index (χ1v) is 11.2. The van der Waals surface area contributed by atoms with E-state index in [0.29, 0.717) is 22.9 Å². The zero-order valence-electron chi connectivity index (χ0n) is 18.9. The lowest BCUT2D eigenvalue weighted by Crippen LogP contribution is -2.69. The van der Waals surface area contributed by atoms with Gasteiger partial charge in [-0.15, -0.1) is 0 Å². The number of halogens is 1. The molecule has 1 aliphatic rings. The van der Waals surface area contributed by atoms with E-state index >= 15 is 0 Å². The largest absolute Gasteiger partial charge is 0.384 e. The number of anilines is 2. The molecule has 4 rings (SSSR count). The van der Waals surface area contributed by atoms with Gasteiger partial charge in [-0.3, -0.25) is 24.0 Å². The second-order valence-electron chi connectivity index (χ2n) is 8.35. The number of pyridine rings is 1. The van der Waals surface area contributed by atoms with E-state index in [-0.39, 0.29) is 24.7 Å². The van der Waals surface area contributed by atoms with E-state index in [4.69, 9.17) is 17.3 Å². The molecule has 0 aliphatic carbocycles. The maximum absolute atomic E-state index is 13.5. The van der Waals surface area contributed by atoms with Gasteiger partial charge in [0.25, 0.3) is 5.91 Å². The van der Waals surface area contributed by atoms with Gasteiger partial charge in [0, 0.05) is 37.9 Å². The summed E-state index contributed by atoms with van der Waals surface area (Å²) in [5.74, 6) is -1.47. The molecule has 0 radical (unpaired) electrons. The molecule has 1 aromatic carbocycles. The third-order valence-corrected chi connectivity index (χ3v) is 6.20. The summed E-state index contributed by atoms with van der Waals surface area (Å²) >= 11 is 6.03. The van der Waals surface area contributed by atoms with Crippen LogP contribution in [0.4, 0.5) is 11.5 Å².